The van der Waals surface area contributed by atoms with Crippen LogP contribution >= 0.6 is 0 Å². The Morgan fingerprint density at radius 1 is 1.28 bits per heavy atom. The average Bonchev–Trinajstić information content (AvgIpc) is 2.73. The van der Waals surface area contributed by atoms with Gasteiger partial charge in [-0.3, -0.25) is 4.79 Å². The molecule has 2 N–H and O–H groups in total. The lowest BCUT2D eigenvalue weighted by atomic mass is 9.96. The lowest BCUT2D eigenvalue weighted by Crippen LogP contribution is -2.36. The zero-order valence-electron chi connectivity index (χ0n) is 17.2. The van der Waals surface area contributed by atoms with Crippen LogP contribution in [0.3, 0.4) is 0 Å². The second kappa shape index (κ2) is 10.1. The first-order valence-electron chi connectivity index (χ1n) is 10.2. The van der Waals surface area contributed by atoms with E-state index in [1.807, 2.05) is 18.2 Å². The number of ether oxygens (including phenoxy) is 1. The molecule has 0 aromatic heterocycles. The van der Waals surface area contributed by atoms with E-state index in [-0.39, 0.29) is 11.7 Å². The first-order chi connectivity index (χ1) is 14.1. The molecule has 2 aromatic carbocycles. The number of benzene rings is 2. The highest BCUT2D eigenvalue weighted by atomic mass is 16.5. The number of likely N-dealkylation sites (tertiary alicyclic amines) is 1. The normalized spacial score (nSPS) is 17.4. The van der Waals surface area contributed by atoms with Crippen LogP contribution in [0.15, 0.2) is 48.5 Å². The van der Waals surface area contributed by atoms with Crippen molar-refractivity contribution in [2.75, 3.05) is 26.0 Å². The Bertz CT molecular complexity index is 863. The summed E-state index contributed by atoms with van der Waals surface area (Å²) in [7, 11) is 3.71. The number of rotatable bonds is 7. The highest BCUT2D eigenvalue weighted by Crippen LogP contribution is 2.27. The fourth-order valence-corrected chi connectivity index (χ4v) is 3.84. The molecular formula is C24H30N2O3. The predicted octanol–water partition coefficient (Wildman–Crippen LogP) is 4.47. The van der Waals surface area contributed by atoms with Crippen molar-refractivity contribution in [3.8, 4) is 11.5 Å². The van der Waals surface area contributed by atoms with Crippen LogP contribution in [0.1, 0.15) is 36.8 Å². The summed E-state index contributed by atoms with van der Waals surface area (Å²) in [6.45, 7) is 1.18. The molecule has 5 nitrogen and oxygen atoms in total. The van der Waals surface area contributed by atoms with Crippen LogP contribution in [-0.2, 0) is 11.2 Å². The number of aryl methyl sites for hydroxylation is 1. The summed E-state index contributed by atoms with van der Waals surface area (Å²) in [5.41, 5.74) is 2.81. The summed E-state index contributed by atoms with van der Waals surface area (Å²) >= 11 is 0. The predicted molar refractivity (Wildman–Crippen MR) is 117 cm³/mol. The van der Waals surface area contributed by atoms with Gasteiger partial charge < -0.3 is 20.1 Å². The molecule has 1 aliphatic heterocycles. The third kappa shape index (κ3) is 5.84. The summed E-state index contributed by atoms with van der Waals surface area (Å²) in [5, 5.41) is 12.7. The minimum absolute atomic E-state index is 0.0756. The van der Waals surface area contributed by atoms with E-state index in [9.17, 15) is 9.90 Å². The van der Waals surface area contributed by atoms with E-state index in [0.717, 1.165) is 24.1 Å². The zero-order chi connectivity index (χ0) is 20.6. The smallest absolute Gasteiger partial charge is 0.248 e. The van der Waals surface area contributed by atoms with Gasteiger partial charge in [0.05, 0.1) is 7.11 Å². The van der Waals surface area contributed by atoms with Gasteiger partial charge in [0.25, 0.3) is 0 Å². The number of methoxy groups -OCH3 is 1. The molecule has 1 aliphatic rings. The minimum Gasteiger partial charge on any atom is -0.504 e. The molecule has 1 unspecified atom stereocenters. The number of nitrogens with zero attached hydrogens (tertiary/aromatic N) is 1. The molecule has 1 amide bonds. The third-order valence-electron chi connectivity index (χ3n) is 5.57. The summed E-state index contributed by atoms with van der Waals surface area (Å²) in [6, 6.07) is 13.6. The Kier molecular flexibility index (Phi) is 7.30. The molecule has 1 heterocycles. The van der Waals surface area contributed by atoms with Gasteiger partial charge in [0.2, 0.25) is 5.91 Å². The van der Waals surface area contributed by atoms with Crippen molar-refractivity contribution >= 4 is 17.7 Å². The van der Waals surface area contributed by atoms with E-state index in [1.165, 1.54) is 44.6 Å². The van der Waals surface area contributed by atoms with E-state index < -0.39 is 0 Å². The molecule has 0 radical (unpaired) electrons. The van der Waals surface area contributed by atoms with E-state index in [2.05, 4.69) is 23.3 Å². The standard InChI is InChI=1S/C24H30N2O3/c1-26-16-6-5-8-20(26)13-12-19-7-3-4-9-21(19)25-24(28)15-11-18-10-14-22(27)23(17-18)29-2/h3-4,7,9-11,14-15,17,20,27H,5-6,8,12-13,16H2,1-2H3,(H,25,28). The molecule has 3 rings (SSSR count). The Balaban J connectivity index is 1.61. The fraction of sp³-hybridized carbons (Fsp3) is 0.375. The molecule has 1 saturated heterocycles. The maximum absolute atomic E-state index is 12.4. The highest BCUT2D eigenvalue weighted by Gasteiger charge is 2.19. The molecular weight excluding hydrogens is 364 g/mol. The fourth-order valence-electron chi connectivity index (χ4n) is 3.84. The summed E-state index contributed by atoms with van der Waals surface area (Å²) in [4.78, 5) is 14.9. The second-order valence-corrected chi connectivity index (χ2v) is 7.58. The lowest BCUT2D eigenvalue weighted by Gasteiger charge is -2.32. The first-order valence-corrected chi connectivity index (χ1v) is 10.2. The van der Waals surface area contributed by atoms with Crippen LogP contribution in [0, 0.1) is 0 Å². The van der Waals surface area contributed by atoms with Crippen LogP contribution in [-0.4, -0.2) is 42.7 Å². The lowest BCUT2D eigenvalue weighted by molar-refractivity contribution is -0.111. The average molecular weight is 395 g/mol. The van der Waals surface area contributed by atoms with E-state index in [0.29, 0.717) is 11.8 Å². The van der Waals surface area contributed by atoms with Gasteiger partial charge in [0.15, 0.2) is 11.5 Å². The van der Waals surface area contributed by atoms with Crippen LogP contribution in [0.25, 0.3) is 6.08 Å². The molecule has 29 heavy (non-hydrogen) atoms. The van der Waals surface area contributed by atoms with Crippen molar-refractivity contribution in [1.29, 1.82) is 0 Å². The van der Waals surface area contributed by atoms with E-state index >= 15 is 0 Å². The quantitative estimate of drug-likeness (QED) is 0.680. The second-order valence-electron chi connectivity index (χ2n) is 7.58. The number of phenols is 1. The topological polar surface area (TPSA) is 61.8 Å². The number of hydrogen-bond acceptors (Lipinski definition) is 4. The molecule has 1 fully saturated rings. The van der Waals surface area contributed by atoms with Crippen LogP contribution < -0.4 is 10.1 Å². The van der Waals surface area contributed by atoms with Crippen molar-refractivity contribution in [2.45, 2.75) is 38.1 Å². The molecule has 1 atom stereocenters. The maximum Gasteiger partial charge on any atom is 0.248 e. The van der Waals surface area contributed by atoms with Crippen molar-refractivity contribution < 1.29 is 14.6 Å². The van der Waals surface area contributed by atoms with Crippen molar-refractivity contribution in [1.82, 2.24) is 4.90 Å². The molecule has 0 aliphatic carbocycles. The van der Waals surface area contributed by atoms with Crippen molar-refractivity contribution in [2.24, 2.45) is 0 Å². The molecule has 2 aromatic rings. The Hall–Kier alpha value is -2.79. The van der Waals surface area contributed by atoms with Crippen LogP contribution in [0.4, 0.5) is 5.69 Å². The first kappa shape index (κ1) is 20.9. The number of amides is 1. The van der Waals surface area contributed by atoms with Gasteiger partial charge in [0, 0.05) is 17.8 Å². The summed E-state index contributed by atoms with van der Waals surface area (Å²) in [5.74, 6) is 0.275. The molecule has 0 saturated carbocycles. The number of para-hydroxylation sites is 1. The van der Waals surface area contributed by atoms with Gasteiger partial charge in [0.1, 0.15) is 0 Å². The maximum atomic E-state index is 12.4. The van der Waals surface area contributed by atoms with Gasteiger partial charge in [-0.2, -0.15) is 0 Å². The van der Waals surface area contributed by atoms with Crippen LogP contribution in [0.2, 0.25) is 0 Å². The third-order valence-corrected chi connectivity index (χ3v) is 5.57. The monoisotopic (exact) mass is 394 g/mol. The van der Waals surface area contributed by atoms with Gasteiger partial charge in [-0.25, -0.2) is 0 Å². The Morgan fingerprint density at radius 2 is 2.10 bits per heavy atom. The van der Waals surface area contributed by atoms with Gasteiger partial charge in [-0.05, 0) is 74.7 Å². The Morgan fingerprint density at radius 3 is 2.90 bits per heavy atom. The van der Waals surface area contributed by atoms with Crippen molar-refractivity contribution in [3.63, 3.8) is 0 Å². The number of hydrogen-bond donors (Lipinski definition) is 2. The number of carbonyl (C=O) groups excluding carboxylic acids is 1. The number of phenolic OH excluding ortho intramolecular Hbond substituents is 1. The van der Waals surface area contributed by atoms with Gasteiger partial charge in [-0.15, -0.1) is 0 Å². The SMILES string of the molecule is COc1cc(C=CC(=O)Nc2ccccc2CCC2CCCCN2C)ccc1O. The van der Waals surface area contributed by atoms with E-state index in [4.69, 9.17) is 4.74 Å². The number of piperidine rings is 1. The van der Waals surface area contributed by atoms with E-state index in [1.54, 1.807) is 24.3 Å². The molecule has 0 spiro atoms. The number of anilines is 1. The number of carbonyl (C=O) groups is 1. The van der Waals surface area contributed by atoms with Gasteiger partial charge in [-0.1, -0.05) is 30.7 Å². The van der Waals surface area contributed by atoms with Crippen molar-refractivity contribution in [3.05, 3.63) is 59.7 Å². The summed E-state index contributed by atoms with van der Waals surface area (Å²) in [6.07, 6.45) is 9.11. The minimum atomic E-state index is -0.181. The zero-order valence-corrected chi connectivity index (χ0v) is 17.2. The molecule has 0 bridgehead atoms. The highest BCUT2D eigenvalue weighted by molar-refractivity contribution is 6.02. The van der Waals surface area contributed by atoms with Crippen LogP contribution in [0.5, 0.6) is 11.5 Å². The summed E-state index contributed by atoms with van der Waals surface area (Å²) < 4.78 is 5.10. The van der Waals surface area contributed by atoms with Gasteiger partial charge >= 0.3 is 0 Å². The number of aromatic hydroxyl groups is 1. The Labute approximate surface area is 173 Å². The largest absolute Gasteiger partial charge is 0.504 e. The molecule has 154 valence electrons. The molecule has 5 heteroatoms. The number of nitrogens with one attached hydrogen (secondary N) is 1.